The molecule has 8 heteroatoms. The lowest BCUT2D eigenvalue weighted by Crippen LogP contribution is -2.37. The minimum atomic E-state index is -0.140. The second kappa shape index (κ2) is 11.6. The highest BCUT2D eigenvalue weighted by Gasteiger charge is 2.17. The number of hydrogen-bond donors (Lipinski definition) is 4. The van der Waals surface area contributed by atoms with Gasteiger partial charge in [-0.25, -0.2) is 11.7 Å². The average Bonchev–Trinajstić information content (AvgIpc) is 2.39. The maximum absolute atomic E-state index is 11.4. The molecule has 0 spiro atoms. The first-order valence-corrected chi connectivity index (χ1v) is 8.32. The fraction of sp³-hybridized carbons (Fsp3) is 0.800. The van der Waals surface area contributed by atoms with Gasteiger partial charge >= 0.3 is 0 Å². The van der Waals surface area contributed by atoms with Crippen molar-refractivity contribution in [3.05, 3.63) is 0 Å². The monoisotopic (exact) mass is 294 g/mol. The van der Waals surface area contributed by atoms with Gasteiger partial charge in [0, 0.05) is 12.2 Å². The van der Waals surface area contributed by atoms with Crippen LogP contribution in [-0.2, 0) is 9.59 Å². The SMILES string of the molecule is CCCC(SSCCCCC(=O)NN)C(=O)NN. The highest BCUT2D eigenvalue weighted by molar-refractivity contribution is 8.77. The van der Waals surface area contributed by atoms with Gasteiger partial charge in [-0.2, -0.15) is 0 Å². The van der Waals surface area contributed by atoms with Gasteiger partial charge in [0.05, 0.1) is 5.25 Å². The first-order valence-electron chi connectivity index (χ1n) is 5.93. The molecule has 0 heterocycles. The average molecular weight is 294 g/mol. The molecular formula is C10H22N4O2S2. The Morgan fingerprint density at radius 2 is 1.94 bits per heavy atom. The molecule has 2 amide bonds. The molecular weight excluding hydrogens is 272 g/mol. The maximum Gasteiger partial charge on any atom is 0.247 e. The van der Waals surface area contributed by atoms with Crippen LogP contribution in [0.1, 0.15) is 39.0 Å². The summed E-state index contributed by atoms with van der Waals surface area (Å²) in [5.74, 6) is 10.7. The number of carbonyl (C=O) groups is 2. The number of amides is 2. The zero-order valence-corrected chi connectivity index (χ0v) is 12.2. The van der Waals surface area contributed by atoms with E-state index in [1.165, 1.54) is 0 Å². The number of nitrogens with one attached hydrogen (secondary N) is 2. The van der Waals surface area contributed by atoms with E-state index in [9.17, 15) is 9.59 Å². The molecule has 0 aliphatic heterocycles. The van der Waals surface area contributed by atoms with Crippen LogP contribution in [-0.4, -0.2) is 22.8 Å². The number of unbranched alkanes of at least 4 members (excludes halogenated alkanes) is 1. The van der Waals surface area contributed by atoms with Crippen molar-refractivity contribution in [2.24, 2.45) is 11.7 Å². The highest BCUT2D eigenvalue weighted by Crippen LogP contribution is 2.30. The van der Waals surface area contributed by atoms with Gasteiger partial charge in [0.1, 0.15) is 0 Å². The van der Waals surface area contributed by atoms with Crippen LogP contribution in [0, 0.1) is 0 Å². The van der Waals surface area contributed by atoms with Crippen LogP contribution in [0.2, 0.25) is 0 Å². The van der Waals surface area contributed by atoms with Crippen molar-refractivity contribution in [2.45, 2.75) is 44.3 Å². The second-order valence-electron chi connectivity index (χ2n) is 3.73. The number of rotatable bonds is 10. The third kappa shape index (κ3) is 8.62. The molecule has 0 aromatic carbocycles. The zero-order chi connectivity index (χ0) is 13.8. The number of hydrazine groups is 2. The van der Waals surface area contributed by atoms with Gasteiger partial charge in [-0.3, -0.25) is 20.4 Å². The van der Waals surface area contributed by atoms with Gasteiger partial charge in [-0.05, 0) is 19.3 Å². The van der Waals surface area contributed by atoms with Crippen molar-refractivity contribution in [3.63, 3.8) is 0 Å². The van der Waals surface area contributed by atoms with Gasteiger partial charge in [-0.1, -0.05) is 34.9 Å². The smallest absolute Gasteiger partial charge is 0.247 e. The Labute approximate surface area is 116 Å². The third-order valence-corrected chi connectivity index (χ3v) is 5.09. The van der Waals surface area contributed by atoms with Crippen LogP contribution in [0.4, 0.5) is 0 Å². The molecule has 0 aliphatic carbocycles. The lowest BCUT2D eigenvalue weighted by Gasteiger charge is -2.12. The molecule has 0 saturated heterocycles. The Kier molecular flexibility index (Phi) is 11.4. The molecule has 18 heavy (non-hydrogen) atoms. The van der Waals surface area contributed by atoms with E-state index >= 15 is 0 Å². The summed E-state index contributed by atoms with van der Waals surface area (Å²) in [6.07, 6.45) is 3.94. The van der Waals surface area contributed by atoms with Crippen molar-refractivity contribution in [1.82, 2.24) is 10.9 Å². The second-order valence-corrected chi connectivity index (χ2v) is 6.42. The molecule has 0 bridgehead atoms. The van der Waals surface area contributed by atoms with Crippen molar-refractivity contribution in [1.29, 1.82) is 0 Å². The van der Waals surface area contributed by atoms with E-state index in [2.05, 4.69) is 10.9 Å². The van der Waals surface area contributed by atoms with Crippen LogP contribution >= 0.6 is 21.6 Å². The van der Waals surface area contributed by atoms with Crippen LogP contribution in [0.15, 0.2) is 0 Å². The minimum Gasteiger partial charge on any atom is -0.294 e. The molecule has 1 unspecified atom stereocenters. The van der Waals surface area contributed by atoms with E-state index in [1.54, 1.807) is 21.6 Å². The Morgan fingerprint density at radius 1 is 1.22 bits per heavy atom. The molecule has 6 nitrogen and oxygen atoms in total. The highest BCUT2D eigenvalue weighted by atomic mass is 33.1. The molecule has 106 valence electrons. The molecule has 0 aliphatic rings. The Morgan fingerprint density at radius 3 is 2.50 bits per heavy atom. The standard InChI is InChI=1S/C10H22N4O2S2/c1-2-5-8(10(16)14-12)18-17-7-4-3-6-9(15)13-11/h8H,2-7,11-12H2,1H3,(H,13,15)(H,14,16). The van der Waals surface area contributed by atoms with E-state index in [4.69, 9.17) is 11.7 Å². The summed E-state index contributed by atoms with van der Waals surface area (Å²) in [6.45, 7) is 2.04. The summed E-state index contributed by atoms with van der Waals surface area (Å²) in [6, 6.07) is 0. The van der Waals surface area contributed by atoms with Gasteiger partial charge < -0.3 is 0 Å². The summed E-state index contributed by atoms with van der Waals surface area (Å²) < 4.78 is 0. The van der Waals surface area contributed by atoms with Gasteiger partial charge in [0.25, 0.3) is 0 Å². The van der Waals surface area contributed by atoms with E-state index < -0.39 is 0 Å². The van der Waals surface area contributed by atoms with Crippen LogP contribution in [0.3, 0.4) is 0 Å². The summed E-state index contributed by atoms with van der Waals surface area (Å²) in [7, 11) is 3.18. The topological polar surface area (TPSA) is 110 Å². The zero-order valence-electron chi connectivity index (χ0n) is 10.6. The molecule has 0 rings (SSSR count). The Bertz CT molecular complexity index is 254. The first kappa shape index (κ1) is 17.6. The predicted octanol–water partition coefficient (Wildman–Crippen LogP) is 0.687. The number of carbonyl (C=O) groups excluding carboxylic acids is 2. The molecule has 1 atom stereocenters. The number of nitrogens with two attached hydrogens (primary N) is 2. The van der Waals surface area contributed by atoms with E-state index in [1.807, 2.05) is 6.92 Å². The Balaban J connectivity index is 3.61. The van der Waals surface area contributed by atoms with Crippen LogP contribution in [0.5, 0.6) is 0 Å². The van der Waals surface area contributed by atoms with E-state index in [0.29, 0.717) is 6.42 Å². The van der Waals surface area contributed by atoms with Gasteiger partial charge in [-0.15, -0.1) is 0 Å². The largest absolute Gasteiger partial charge is 0.294 e. The molecule has 6 N–H and O–H groups in total. The number of hydrogen-bond acceptors (Lipinski definition) is 6. The normalized spacial score (nSPS) is 11.9. The molecule has 0 saturated carbocycles. The lowest BCUT2D eigenvalue weighted by molar-refractivity contribution is -0.121. The summed E-state index contributed by atoms with van der Waals surface area (Å²) in [4.78, 5) is 22.3. The summed E-state index contributed by atoms with van der Waals surface area (Å²) >= 11 is 0. The van der Waals surface area contributed by atoms with Crippen molar-refractivity contribution in [3.8, 4) is 0 Å². The fourth-order valence-corrected chi connectivity index (χ4v) is 3.98. The molecule has 0 fully saturated rings. The molecule has 0 radical (unpaired) electrons. The van der Waals surface area contributed by atoms with E-state index in [0.717, 1.165) is 31.4 Å². The summed E-state index contributed by atoms with van der Waals surface area (Å²) in [5.41, 5.74) is 4.28. The maximum atomic E-state index is 11.4. The Hall–Kier alpha value is -0.440. The minimum absolute atomic E-state index is 0.0997. The van der Waals surface area contributed by atoms with Crippen molar-refractivity contribution < 1.29 is 9.59 Å². The molecule has 0 aromatic rings. The third-order valence-electron chi connectivity index (χ3n) is 2.21. The quantitative estimate of drug-likeness (QED) is 0.155. The van der Waals surface area contributed by atoms with Gasteiger partial charge in [0.15, 0.2) is 0 Å². The summed E-state index contributed by atoms with van der Waals surface area (Å²) in [5, 5.41) is -0.0997. The van der Waals surface area contributed by atoms with Gasteiger partial charge in [0.2, 0.25) is 11.8 Å². The van der Waals surface area contributed by atoms with Crippen molar-refractivity contribution in [2.75, 3.05) is 5.75 Å². The van der Waals surface area contributed by atoms with E-state index in [-0.39, 0.29) is 17.1 Å². The van der Waals surface area contributed by atoms with Crippen LogP contribution in [0.25, 0.3) is 0 Å². The van der Waals surface area contributed by atoms with Crippen LogP contribution < -0.4 is 22.5 Å². The van der Waals surface area contributed by atoms with Crippen molar-refractivity contribution >= 4 is 33.4 Å². The fourth-order valence-electron chi connectivity index (χ4n) is 1.23. The molecule has 0 aromatic heterocycles. The first-order chi connectivity index (χ1) is 8.65. The lowest BCUT2D eigenvalue weighted by atomic mass is 10.2. The predicted molar refractivity (Wildman–Crippen MR) is 77.3 cm³/mol.